The van der Waals surface area contributed by atoms with Gasteiger partial charge < -0.3 is 20.9 Å². The summed E-state index contributed by atoms with van der Waals surface area (Å²) in [5.41, 5.74) is 12.0. The Morgan fingerprint density at radius 3 is 2.53 bits per heavy atom. The lowest BCUT2D eigenvalue weighted by Gasteiger charge is -2.08. The molecule has 0 saturated carbocycles. The lowest BCUT2D eigenvalue weighted by Crippen LogP contribution is -1.90. The fraction of sp³-hybridized carbons (Fsp3) is 0.182. The van der Waals surface area contributed by atoms with Gasteiger partial charge in [0.2, 0.25) is 0 Å². The van der Waals surface area contributed by atoms with E-state index in [-0.39, 0.29) is 11.6 Å². The fourth-order valence-corrected chi connectivity index (χ4v) is 1.52. The Hall–Kier alpha value is -2.77. The average molecular weight is 262 g/mol. The largest absolute Gasteiger partial charge is 0.493 e. The van der Waals surface area contributed by atoms with Crippen LogP contribution in [-0.4, -0.2) is 24.4 Å². The van der Waals surface area contributed by atoms with E-state index in [0.717, 1.165) is 0 Å². The molecule has 19 heavy (non-hydrogen) atoms. The molecule has 0 aliphatic heterocycles. The van der Waals surface area contributed by atoms with Crippen LogP contribution in [0.4, 0.5) is 23.0 Å². The molecule has 0 bridgehead atoms. The molecule has 0 atom stereocenters. The number of nitrogen functional groups attached to an aromatic ring is 2. The molecule has 0 saturated heterocycles. The van der Waals surface area contributed by atoms with Gasteiger partial charge in [-0.1, -0.05) is 6.07 Å². The van der Waals surface area contributed by atoms with E-state index < -0.39 is 0 Å². The first-order chi connectivity index (χ1) is 9.17. The lowest BCUT2D eigenvalue weighted by molar-refractivity contribution is 0.356. The molecule has 8 nitrogen and oxygen atoms in total. The van der Waals surface area contributed by atoms with Gasteiger partial charge >= 0.3 is 0 Å². The predicted octanol–water partition coefficient (Wildman–Crippen LogP) is 2.01. The van der Waals surface area contributed by atoms with Crippen molar-refractivity contribution in [2.45, 2.75) is 0 Å². The number of aromatic nitrogens is 2. The van der Waals surface area contributed by atoms with E-state index in [1.807, 2.05) is 0 Å². The minimum absolute atomic E-state index is 0.183. The average Bonchev–Trinajstić information content (AvgIpc) is 2.75. The molecule has 2 rings (SSSR count). The van der Waals surface area contributed by atoms with Gasteiger partial charge in [-0.2, -0.15) is 5.10 Å². The highest BCUT2D eigenvalue weighted by Crippen LogP contribution is 2.38. The molecule has 0 aliphatic carbocycles. The third-order valence-electron chi connectivity index (χ3n) is 2.43. The molecule has 1 heterocycles. The van der Waals surface area contributed by atoms with Crippen LogP contribution >= 0.6 is 0 Å². The van der Waals surface area contributed by atoms with E-state index >= 15 is 0 Å². The number of rotatable bonds is 4. The first-order valence-electron chi connectivity index (χ1n) is 5.39. The molecule has 1 aromatic heterocycles. The standard InChI is InChI=1S/C11H14N6O2/c1-18-7-5-3-4-6(9(7)19-2)14-15-8-10(12)16-17-11(8)13/h3-5H,1-2H3,(H5,12,13,16,17). The van der Waals surface area contributed by atoms with Crippen LogP contribution in [-0.2, 0) is 0 Å². The summed E-state index contributed by atoms with van der Waals surface area (Å²) in [4.78, 5) is 0. The van der Waals surface area contributed by atoms with E-state index in [1.54, 1.807) is 25.3 Å². The number of azo groups is 1. The maximum absolute atomic E-state index is 5.62. The number of aromatic amines is 1. The summed E-state index contributed by atoms with van der Waals surface area (Å²) in [5.74, 6) is 1.48. The Kier molecular flexibility index (Phi) is 3.51. The van der Waals surface area contributed by atoms with Crippen molar-refractivity contribution in [2.24, 2.45) is 10.2 Å². The number of benzene rings is 1. The van der Waals surface area contributed by atoms with Gasteiger partial charge in [0.05, 0.1) is 14.2 Å². The van der Waals surface area contributed by atoms with Gasteiger partial charge in [0.15, 0.2) is 23.0 Å². The molecule has 8 heteroatoms. The number of hydrogen-bond acceptors (Lipinski definition) is 7. The first-order valence-corrected chi connectivity index (χ1v) is 5.39. The number of hydrogen-bond donors (Lipinski definition) is 3. The summed E-state index contributed by atoms with van der Waals surface area (Å²) >= 11 is 0. The first kappa shape index (κ1) is 12.7. The zero-order chi connectivity index (χ0) is 13.8. The van der Waals surface area contributed by atoms with E-state index in [0.29, 0.717) is 22.9 Å². The SMILES string of the molecule is COc1cccc(N=Nc2c(N)n[nH]c2N)c1OC. The summed E-state index contributed by atoms with van der Waals surface area (Å²) in [6.07, 6.45) is 0. The second kappa shape index (κ2) is 5.25. The highest BCUT2D eigenvalue weighted by atomic mass is 16.5. The summed E-state index contributed by atoms with van der Waals surface area (Å²) < 4.78 is 10.4. The van der Waals surface area contributed by atoms with Crippen LogP contribution in [0.2, 0.25) is 0 Å². The summed E-state index contributed by atoms with van der Waals surface area (Å²) in [6, 6.07) is 5.27. The number of nitrogens with one attached hydrogen (secondary N) is 1. The zero-order valence-corrected chi connectivity index (χ0v) is 10.5. The molecule has 1 aromatic carbocycles. The van der Waals surface area contributed by atoms with Crippen molar-refractivity contribution >= 4 is 23.0 Å². The number of methoxy groups -OCH3 is 2. The Morgan fingerprint density at radius 2 is 1.95 bits per heavy atom. The molecule has 100 valence electrons. The summed E-state index contributed by atoms with van der Waals surface area (Å²) in [7, 11) is 3.07. The van der Waals surface area contributed by atoms with E-state index in [1.165, 1.54) is 7.11 Å². The number of nitrogens with two attached hydrogens (primary N) is 2. The Labute approximate surface area is 109 Å². The Balaban J connectivity index is 2.39. The maximum atomic E-state index is 5.62. The molecule has 0 amide bonds. The second-order valence-corrected chi connectivity index (χ2v) is 3.58. The highest BCUT2D eigenvalue weighted by Gasteiger charge is 2.10. The highest BCUT2D eigenvalue weighted by molar-refractivity contribution is 5.70. The van der Waals surface area contributed by atoms with Gasteiger partial charge in [-0.25, -0.2) is 0 Å². The topological polar surface area (TPSA) is 124 Å². The summed E-state index contributed by atoms with van der Waals surface area (Å²) in [6.45, 7) is 0. The molecule has 0 aliphatic rings. The van der Waals surface area contributed by atoms with E-state index in [9.17, 15) is 0 Å². The molecule has 5 N–H and O–H groups in total. The number of anilines is 2. The lowest BCUT2D eigenvalue weighted by atomic mass is 10.3. The quantitative estimate of drug-likeness (QED) is 0.727. The van der Waals surface area contributed by atoms with Crippen molar-refractivity contribution < 1.29 is 9.47 Å². The van der Waals surface area contributed by atoms with E-state index in [4.69, 9.17) is 20.9 Å². The Bertz CT molecular complexity index is 588. The van der Waals surface area contributed by atoms with Crippen LogP contribution in [0.5, 0.6) is 11.5 Å². The van der Waals surface area contributed by atoms with Gasteiger partial charge in [0.1, 0.15) is 11.5 Å². The van der Waals surface area contributed by atoms with Gasteiger partial charge in [0.25, 0.3) is 0 Å². The van der Waals surface area contributed by atoms with Gasteiger partial charge in [0, 0.05) is 0 Å². The summed E-state index contributed by atoms with van der Waals surface area (Å²) in [5, 5.41) is 14.3. The zero-order valence-electron chi connectivity index (χ0n) is 10.5. The van der Waals surface area contributed by atoms with Crippen LogP contribution in [0.15, 0.2) is 28.4 Å². The molecule has 0 unspecified atom stereocenters. The van der Waals surface area contributed by atoms with Crippen molar-refractivity contribution in [1.29, 1.82) is 0 Å². The Morgan fingerprint density at radius 1 is 1.16 bits per heavy atom. The number of nitrogens with zero attached hydrogens (tertiary/aromatic N) is 3. The molecular formula is C11H14N6O2. The second-order valence-electron chi connectivity index (χ2n) is 3.58. The van der Waals surface area contributed by atoms with Crippen molar-refractivity contribution in [2.75, 3.05) is 25.7 Å². The smallest absolute Gasteiger partial charge is 0.188 e. The van der Waals surface area contributed by atoms with Crippen molar-refractivity contribution in [3.05, 3.63) is 18.2 Å². The third kappa shape index (κ3) is 2.41. The molecule has 0 radical (unpaired) electrons. The molecular weight excluding hydrogens is 248 g/mol. The molecule has 0 spiro atoms. The van der Waals surface area contributed by atoms with Gasteiger partial charge in [-0.05, 0) is 12.1 Å². The van der Waals surface area contributed by atoms with E-state index in [2.05, 4.69) is 20.4 Å². The van der Waals surface area contributed by atoms with Crippen LogP contribution < -0.4 is 20.9 Å². The maximum Gasteiger partial charge on any atom is 0.188 e. The number of ether oxygens (including phenoxy) is 2. The van der Waals surface area contributed by atoms with Crippen molar-refractivity contribution in [3.8, 4) is 11.5 Å². The third-order valence-corrected chi connectivity index (χ3v) is 2.43. The fourth-order valence-electron chi connectivity index (χ4n) is 1.52. The molecule has 0 fully saturated rings. The van der Waals surface area contributed by atoms with Gasteiger partial charge in [-0.3, -0.25) is 5.10 Å². The monoisotopic (exact) mass is 262 g/mol. The van der Waals surface area contributed by atoms with Crippen molar-refractivity contribution in [1.82, 2.24) is 10.2 Å². The predicted molar refractivity (Wildman–Crippen MR) is 71.1 cm³/mol. The minimum atomic E-state index is 0.183. The van der Waals surface area contributed by atoms with Gasteiger partial charge in [-0.15, -0.1) is 10.2 Å². The molecule has 2 aromatic rings. The van der Waals surface area contributed by atoms with Crippen LogP contribution in [0, 0.1) is 0 Å². The number of para-hydroxylation sites is 1. The minimum Gasteiger partial charge on any atom is -0.493 e. The number of H-pyrrole nitrogens is 1. The van der Waals surface area contributed by atoms with Crippen molar-refractivity contribution in [3.63, 3.8) is 0 Å². The van der Waals surface area contributed by atoms with Crippen LogP contribution in [0.25, 0.3) is 0 Å². The normalized spacial score (nSPS) is 10.8. The van der Waals surface area contributed by atoms with Crippen LogP contribution in [0.1, 0.15) is 0 Å². The van der Waals surface area contributed by atoms with Crippen LogP contribution in [0.3, 0.4) is 0 Å².